The van der Waals surface area contributed by atoms with E-state index in [9.17, 15) is 8.60 Å². The number of nitrogen functional groups attached to an aromatic ring is 1. The summed E-state index contributed by atoms with van der Waals surface area (Å²) in [4.78, 5) is 0.360. The van der Waals surface area contributed by atoms with Crippen molar-refractivity contribution in [2.75, 3.05) is 11.5 Å². The summed E-state index contributed by atoms with van der Waals surface area (Å²) < 4.78 is 26.8. The van der Waals surface area contributed by atoms with Gasteiger partial charge in [0.15, 0.2) is 0 Å². The molecule has 0 spiro atoms. The van der Waals surface area contributed by atoms with Crippen LogP contribution in [0.5, 0.6) is 0 Å². The number of hydrogen-bond acceptors (Lipinski definition) is 3. The van der Waals surface area contributed by atoms with Crippen molar-refractivity contribution >= 4 is 16.5 Å². The molecule has 0 fully saturated rings. The Balaban J connectivity index is 2.05. The van der Waals surface area contributed by atoms with Crippen molar-refractivity contribution in [3.63, 3.8) is 0 Å². The van der Waals surface area contributed by atoms with Gasteiger partial charge < -0.3 is 5.73 Å². The number of rotatable bonds is 4. The predicted octanol–water partition coefficient (Wildman–Crippen LogP) is 1.49. The molecular weight excluding hydrogens is 253 g/mol. The lowest BCUT2D eigenvalue weighted by Gasteiger charge is -2.05. The first-order valence-electron chi connectivity index (χ1n) is 5.47. The second-order valence-corrected chi connectivity index (χ2v) is 5.54. The quantitative estimate of drug-likeness (QED) is 0.854. The van der Waals surface area contributed by atoms with Crippen LogP contribution in [-0.2, 0) is 24.3 Å². The second kappa shape index (κ2) is 5.30. The Morgan fingerprint density at radius 2 is 2.28 bits per heavy atom. The summed E-state index contributed by atoms with van der Waals surface area (Å²) in [7, 11) is 0.526. The third kappa shape index (κ3) is 2.95. The topological polar surface area (TPSA) is 60.9 Å². The molecule has 4 nitrogen and oxygen atoms in total. The van der Waals surface area contributed by atoms with Crippen LogP contribution in [0.2, 0.25) is 0 Å². The van der Waals surface area contributed by atoms with E-state index in [0.717, 1.165) is 5.56 Å². The Bertz CT molecular complexity index is 582. The van der Waals surface area contributed by atoms with Crippen molar-refractivity contribution in [1.29, 1.82) is 0 Å². The molecule has 0 amide bonds. The average molecular weight is 267 g/mol. The molecule has 2 rings (SSSR count). The maximum absolute atomic E-state index is 13.1. The molecule has 96 valence electrons. The highest BCUT2D eigenvalue weighted by molar-refractivity contribution is 7.85. The fourth-order valence-electron chi connectivity index (χ4n) is 1.63. The molecule has 0 saturated carbocycles. The highest BCUT2D eigenvalue weighted by Crippen LogP contribution is 2.18. The lowest BCUT2D eigenvalue weighted by molar-refractivity contribution is 0.623. The van der Waals surface area contributed by atoms with Gasteiger partial charge in [0.05, 0.1) is 21.9 Å². The third-order valence-corrected chi connectivity index (χ3v) is 3.97. The molecule has 18 heavy (non-hydrogen) atoms. The molecule has 1 unspecified atom stereocenters. The number of benzene rings is 1. The number of nitrogens with two attached hydrogens (primary N) is 1. The van der Waals surface area contributed by atoms with Gasteiger partial charge in [0.1, 0.15) is 5.82 Å². The smallest absolute Gasteiger partial charge is 0.124 e. The summed E-state index contributed by atoms with van der Waals surface area (Å²) in [5.41, 5.74) is 7.05. The second-order valence-electron chi connectivity index (χ2n) is 4.00. The summed E-state index contributed by atoms with van der Waals surface area (Å²) in [5, 5.41) is 4.03. The average Bonchev–Trinajstić information content (AvgIpc) is 2.75. The van der Waals surface area contributed by atoms with Gasteiger partial charge in [-0.1, -0.05) is 0 Å². The van der Waals surface area contributed by atoms with Gasteiger partial charge in [-0.3, -0.25) is 8.89 Å². The number of hydrogen-bond donors (Lipinski definition) is 1. The molecule has 0 radical (unpaired) electrons. The zero-order valence-electron chi connectivity index (χ0n) is 9.97. The Kier molecular flexibility index (Phi) is 3.76. The van der Waals surface area contributed by atoms with Gasteiger partial charge in [0, 0.05) is 24.7 Å². The van der Waals surface area contributed by atoms with Crippen LogP contribution in [0.1, 0.15) is 5.56 Å². The minimum atomic E-state index is -1.30. The lowest BCUT2D eigenvalue weighted by Crippen LogP contribution is -2.04. The van der Waals surface area contributed by atoms with Crippen LogP contribution in [-0.4, -0.2) is 19.7 Å². The monoisotopic (exact) mass is 267 g/mol. The van der Waals surface area contributed by atoms with Crippen molar-refractivity contribution in [2.45, 2.75) is 11.3 Å². The van der Waals surface area contributed by atoms with E-state index in [-0.39, 0.29) is 0 Å². The Labute approximate surface area is 107 Å². The fraction of sp³-hybridized carbons (Fsp3) is 0.250. The minimum absolute atomic E-state index is 0.360. The van der Waals surface area contributed by atoms with Gasteiger partial charge in [-0.05, 0) is 30.2 Å². The van der Waals surface area contributed by atoms with Gasteiger partial charge in [-0.15, -0.1) is 0 Å². The first-order chi connectivity index (χ1) is 8.56. The van der Waals surface area contributed by atoms with E-state index >= 15 is 0 Å². The number of aromatic nitrogens is 2. The summed E-state index contributed by atoms with van der Waals surface area (Å²) in [5.74, 6) is -0.0202. The van der Waals surface area contributed by atoms with E-state index in [4.69, 9.17) is 5.73 Å². The van der Waals surface area contributed by atoms with E-state index < -0.39 is 16.6 Å². The number of nitrogens with zero attached hydrogens (tertiary/aromatic N) is 2. The Morgan fingerprint density at radius 1 is 1.50 bits per heavy atom. The Hall–Kier alpha value is -1.69. The molecule has 0 bridgehead atoms. The molecule has 2 N–H and O–H groups in total. The molecule has 0 aliphatic rings. The van der Waals surface area contributed by atoms with Gasteiger partial charge in [0.25, 0.3) is 0 Å². The van der Waals surface area contributed by atoms with Crippen molar-refractivity contribution in [2.24, 2.45) is 7.05 Å². The summed E-state index contributed by atoms with van der Waals surface area (Å²) in [6.45, 7) is 0. The van der Waals surface area contributed by atoms with Crippen LogP contribution in [0.3, 0.4) is 0 Å². The zero-order chi connectivity index (χ0) is 13.1. The summed E-state index contributed by atoms with van der Waals surface area (Å²) in [6, 6.07) is 3.93. The molecular formula is C12H14FN3OS. The molecule has 6 heteroatoms. The first-order valence-corrected chi connectivity index (χ1v) is 6.79. The van der Waals surface area contributed by atoms with E-state index in [2.05, 4.69) is 5.10 Å². The lowest BCUT2D eigenvalue weighted by atomic mass is 10.3. The maximum atomic E-state index is 13.1. The van der Waals surface area contributed by atoms with Crippen LogP contribution >= 0.6 is 0 Å². The third-order valence-electron chi connectivity index (χ3n) is 2.56. The van der Waals surface area contributed by atoms with Crippen LogP contribution in [0, 0.1) is 5.82 Å². The molecule has 1 heterocycles. The molecule has 2 aromatic rings. The van der Waals surface area contributed by atoms with Gasteiger partial charge in [0.2, 0.25) is 0 Å². The van der Waals surface area contributed by atoms with Crippen molar-refractivity contribution in [3.8, 4) is 0 Å². The minimum Gasteiger partial charge on any atom is -0.398 e. The largest absolute Gasteiger partial charge is 0.398 e. The predicted molar refractivity (Wildman–Crippen MR) is 69.0 cm³/mol. The molecule has 1 aromatic heterocycles. The standard InChI is InChI=1S/C12H14FN3OS/c1-16-8-9(7-15-16)4-5-18(17)12-6-10(13)2-3-11(12)14/h2-3,6-8H,4-5,14H2,1H3. The summed E-state index contributed by atoms with van der Waals surface area (Å²) >= 11 is 0. The van der Waals surface area contributed by atoms with Crippen LogP contribution in [0.25, 0.3) is 0 Å². The normalized spacial score (nSPS) is 12.6. The molecule has 1 atom stereocenters. The molecule has 0 saturated heterocycles. The number of anilines is 1. The van der Waals surface area contributed by atoms with Crippen molar-refractivity contribution < 1.29 is 8.60 Å². The summed E-state index contributed by atoms with van der Waals surface area (Å²) in [6.07, 6.45) is 4.22. The van der Waals surface area contributed by atoms with Gasteiger partial charge >= 0.3 is 0 Å². The van der Waals surface area contributed by atoms with E-state index in [1.54, 1.807) is 10.9 Å². The van der Waals surface area contributed by atoms with Crippen LogP contribution < -0.4 is 5.73 Å². The zero-order valence-corrected chi connectivity index (χ0v) is 10.8. The number of aryl methyl sites for hydroxylation is 2. The van der Waals surface area contributed by atoms with Crippen LogP contribution in [0.4, 0.5) is 10.1 Å². The molecule has 0 aliphatic carbocycles. The van der Waals surface area contributed by atoms with Crippen LogP contribution in [0.15, 0.2) is 35.5 Å². The molecule has 0 aliphatic heterocycles. The van der Waals surface area contributed by atoms with Gasteiger partial charge in [-0.2, -0.15) is 5.10 Å². The molecule has 1 aromatic carbocycles. The van der Waals surface area contributed by atoms with E-state index in [1.165, 1.54) is 18.2 Å². The van der Waals surface area contributed by atoms with Gasteiger partial charge in [-0.25, -0.2) is 4.39 Å². The Morgan fingerprint density at radius 3 is 2.94 bits per heavy atom. The van der Waals surface area contributed by atoms with E-state index in [0.29, 0.717) is 22.8 Å². The maximum Gasteiger partial charge on any atom is 0.124 e. The highest BCUT2D eigenvalue weighted by atomic mass is 32.2. The highest BCUT2D eigenvalue weighted by Gasteiger charge is 2.10. The van der Waals surface area contributed by atoms with Crippen molar-refractivity contribution in [1.82, 2.24) is 9.78 Å². The fourth-order valence-corrected chi connectivity index (χ4v) is 2.84. The SMILES string of the molecule is Cn1cc(CCS(=O)c2cc(F)ccc2N)cn1. The number of halogens is 1. The van der Waals surface area contributed by atoms with Crippen molar-refractivity contribution in [3.05, 3.63) is 42.0 Å². The first kappa shape index (κ1) is 12.8. The van der Waals surface area contributed by atoms with E-state index in [1.807, 2.05) is 13.2 Å².